The highest BCUT2D eigenvalue weighted by Gasteiger charge is 2.37. The molecule has 0 atom stereocenters. The van der Waals surface area contributed by atoms with Crippen LogP contribution in [0.25, 0.3) is 0 Å². The predicted octanol–water partition coefficient (Wildman–Crippen LogP) is 3.19. The molecule has 1 aromatic rings. The summed E-state index contributed by atoms with van der Waals surface area (Å²) >= 11 is 0. The van der Waals surface area contributed by atoms with Crippen LogP contribution < -0.4 is 5.73 Å². The molecule has 0 spiro atoms. The summed E-state index contributed by atoms with van der Waals surface area (Å²) in [5, 5.41) is 0. The topological polar surface area (TPSA) is 29.3 Å². The van der Waals surface area contributed by atoms with Crippen molar-refractivity contribution >= 4 is 24.8 Å². The number of hydrogen-bond donors (Lipinski definition) is 1. The van der Waals surface area contributed by atoms with E-state index in [-0.39, 0.29) is 30.4 Å². The minimum absolute atomic E-state index is 0. The maximum atomic E-state index is 6.02. The average Bonchev–Trinajstić information content (AvgIpc) is 2.31. The van der Waals surface area contributed by atoms with Crippen LogP contribution in [-0.2, 0) is 5.54 Å². The third-order valence-corrected chi connectivity index (χ3v) is 4.02. The van der Waals surface area contributed by atoms with E-state index < -0.39 is 0 Å². The van der Waals surface area contributed by atoms with E-state index in [2.05, 4.69) is 49.3 Å². The van der Waals surface area contributed by atoms with E-state index in [1.165, 1.54) is 18.4 Å². The summed E-state index contributed by atoms with van der Waals surface area (Å²) in [6.07, 6.45) is 4.61. The maximum absolute atomic E-state index is 6.02. The minimum atomic E-state index is 0. The minimum Gasteiger partial charge on any atom is -0.328 e. The summed E-state index contributed by atoms with van der Waals surface area (Å²) in [6, 6.07) is 11.2. The van der Waals surface area contributed by atoms with Crippen molar-refractivity contribution in [3.05, 3.63) is 35.9 Å². The first-order valence-corrected chi connectivity index (χ1v) is 6.14. The van der Waals surface area contributed by atoms with Gasteiger partial charge >= 0.3 is 0 Å². The van der Waals surface area contributed by atoms with Crippen molar-refractivity contribution in [2.75, 3.05) is 14.1 Å². The molecule has 0 aliphatic heterocycles. The van der Waals surface area contributed by atoms with Crippen molar-refractivity contribution in [3.63, 3.8) is 0 Å². The molecule has 18 heavy (non-hydrogen) atoms. The Kier molecular flexibility index (Phi) is 7.23. The highest BCUT2D eigenvalue weighted by atomic mass is 35.5. The average molecular weight is 291 g/mol. The largest absolute Gasteiger partial charge is 0.328 e. The van der Waals surface area contributed by atoms with E-state index in [0.29, 0.717) is 6.04 Å². The van der Waals surface area contributed by atoms with Crippen LogP contribution in [0.4, 0.5) is 0 Å². The van der Waals surface area contributed by atoms with Crippen LogP contribution in [0.2, 0.25) is 0 Å². The Morgan fingerprint density at radius 2 is 1.56 bits per heavy atom. The first-order valence-electron chi connectivity index (χ1n) is 6.14. The van der Waals surface area contributed by atoms with E-state index in [4.69, 9.17) is 5.73 Å². The van der Waals surface area contributed by atoms with Gasteiger partial charge in [0.05, 0.1) is 0 Å². The van der Waals surface area contributed by atoms with Gasteiger partial charge in [-0.05, 0) is 45.3 Å². The third kappa shape index (κ3) is 3.39. The van der Waals surface area contributed by atoms with Gasteiger partial charge in [-0.25, -0.2) is 0 Å². The van der Waals surface area contributed by atoms with Crippen molar-refractivity contribution < 1.29 is 0 Å². The standard InChI is InChI=1S/C14H22N2.2ClH/c1-16(2)14(10-8-13(15)9-11-14)12-6-4-3-5-7-12;;/h3-7,13H,8-11,15H2,1-2H3;2*1H. The van der Waals surface area contributed by atoms with Gasteiger partial charge in [-0.15, -0.1) is 24.8 Å². The number of hydrogen-bond acceptors (Lipinski definition) is 2. The first kappa shape index (κ1) is 17.7. The Hall–Kier alpha value is -0.280. The second-order valence-corrected chi connectivity index (χ2v) is 5.13. The SMILES string of the molecule is CN(C)C1(c2ccccc2)CCC(N)CC1.Cl.Cl. The molecule has 0 amide bonds. The second kappa shape index (κ2) is 7.34. The van der Waals surface area contributed by atoms with Crippen molar-refractivity contribution in [2.45, 2.75) is 37.3 Å². The fourth-order valence-electron chi connectivity index (χ4n) is 2.86. The molecule has 0 bridgehead atoms. The van der Waals surface area contributed by atoms with Crippen LogP contribution in [0.15, 0.2) is 30.3 Å². The molecular formula is C14H24Cl2N2. The van der Waals surface area contributed by atoms with Crippen LogP contribution in [0, 0.1) is 0 Å². The molecular weight excluding hydrogens is 267 g/mol. The van der Waals surface area contributed by atoms with Crippen LogP contribution in [0.3, 0.4) is 0 Å². The van der Waals surface area contributed by atoms with Gasteiger partial charge < -0.3 is 5.73 Å². The first-order chi connectivity index (χ1) is 7.65. The predicted molar refractivity (Wildman–Crippen MR) is 82.7 cm³/mol. The van der Waals surface area contributed by atoms with Gasteiger partial charge in [-0.2, -0.15) is 0 Å². The van der Waals surface area contributed by atoms with Crippen molar-refractivity contribution in [1.29, 1.82) is 0 Å². The number of benzene rings is 1. The molecule has 1 aliphatic carbocycles. The molecule has 0 heterocycles. The summed E-state index contributed by atoms with van der Waals surface area (Å²) in [6.45, 7) is 0. The zero-order valence-electron chi connectivity index (χ0n) is 11.1. The van der Waals surface area contributed by atoms with Gasteiger partial charge in [0.2, 0.25) is 0 Å². The lowest BCUT2D eigenvalue weighted by Gasteiger charge is -2.45. The van der Waals surface area contributed by atoms with Crippen molar-refractivity contribution in [3.8, 4) is 0 Å². The van der Waals surface area contributed by atoms with Gasteiger partial charge in [-0.1, -0.05) is 30.3 Å². The Morgan fingerprint density at radius 1 is 1.06 bits per heavy atom. The molecule has 0 aromatic heterocycles. The number of halogens is 2. The summed E-state index contributed by atoms with van der Waals surface area (Å²) in [7, 11) is 4.37. The molecule has 0 saturated heterocycles. The highest BCUT2D eigenvalue weighted by molar-refractivity contribution is 5.85. The molecule has 2 nitrogen and oxygen atoms in total. The summed E-state index contributed by atoms with van der Waals surface area (Å²) in [5.74, 6) is 0. The summed E-state index contributed by atoms with van der Waals surface area (Å²) in [5.41, 5.74) is 7.66. The van der Waals surface area contributed by atoms with Crippen LogP contribution >= 0.6 is 24.8 Å². The van der Waals surface area contributed by atoms with Crippen molar-refractivity contribution in [2.24, 2.45) is 5.73 Å². The molecule has 4 heteroatoms. The van der Waals surface area contributed by atoms with E-state index >= 15 is 0 Å². The molecule has 2 rings (SSSR count). The van der Waals surface area contributed by atoms with Crippen LogP contribution in [0.5, 0.6) is 0 Å². The normalized spacial score (nSPS) is 27.2. The van der Waals surface area contributed by atoms with Crippen LogP contribution in [0.1, 0.15) is 31.2 Å². The lowest BCUT2D eigenvalue weighted by Crippen LogP contribution is -2.46. The highest BCUT2D eigenvalue weighted by Crippen LogP contribution is 2.40. The van der Waals surface area contributed by atoms with E-state index in [0.717, 1.165) is 12.8 Å². The van der Waals surface area contributed by atoms with E-state index in [1.807, 2.05) is 0 Å². The lowest BCUT2D eigenvalue weighted by molar-refractivity contribution is 0.0918. The zero-order chi connectivity index (χ0) is 11.6. The van der Waals surface area contributed by atoms with E-state index in [9.17, 15) is 0 Å². The number of nitrogens with zero attached hydrogens (tertiary/aromatic N) is 1. The van der Waals surface area contributed by atoms with E-state index in [1.54, 1.807) is 0 Å². The molecule has 2 N–H and O–H groups in total. The molecule has 1 fully saturated rings. The molecule has 0 radical (unpaired) electrons. The van der Waals surface area contributed by atoms with Gasteiger partial charge in [0, 0.05) is 11.6 Å². The Labute approximate surface area is 123 Å². The van der Waals surface area contributed by atoms with Crippen molar-refractivity contribution in [1.82, 2.24) is 4.90 Å². The lowest BCUT2D eigenvalue weighted by atomic mass is 9.74. The van der Waals surface area contributed by atoms with Gasteiger partial charge in [0.25, 0.3) is 0 Å². The van der Waals surface area contributed by atoms with Gasteiger partial charge in [0.15, 0.2) is 0 Å². The summed E-state index contributed by atoms with van der Waals surface area (Å²) in [4.78, 5) is 2.37. The fourth-order valence-corrected chi connectivity index (χ4v) is 2.86. The number of nitrogens with two attached hydrogens (primary N) is 1. The third-order valence-electron chi connectivity index (χ3n) is 4.02. The number of rotatable bonds is 2. The summed E-state index contributed by atoms with van der Waals surface area (Å²) < 4.78 is 0. The zero-order valence-corrected chi connectivity index (χ0v) is 12.8. The molecule has 1 aromatic carbocycles. The molecule has 1 saturated carbocycles. The second-order valence-electron chi connectivity index (χ2n) is 5.13. The Bertz CT molecular complexity index is 333. The fraction of sp³-hybridized carbons (Fsp3) is 0.571. The molecule has 1 aliphatic rings. The Morgan fingerprint density at radius 3 is 2.00 bits per heavy atom. The Balaban J connectivity index is 0.00000144. The quantitative estimate of drug-likeness (QED) is 0.906. The maximum Gasteiger partial charge on any atom is 0.0455 e. The monoisotopic (exact) mass is 290 g/mol. The molecule has 0 unspecified atom stereocenters. The van der Waals surface area contributed by atoms with Crippen LogP contribution in [-0.4, -0.2) is 25.0 Å². The smallest absolute Gasteiger partial charge is 0.0455 e. The molecule has 104 valence electrons. The van der Waals surface area contributed by atoms with Gasteiger partial charge in [-0.3, -0.25) is 4.90 Å². The van der Waals surface area contributed by atoms with Gasteiger partial charge in [0.1, 0.15) is 0 Å².